The summed E-state index contributed by atoms with van der Waals surface area (Å²) in [6.07, 6.45) is 2.18. The average molecular weight is 209 g/mol. The van der Waals surface area contributed by atoms with Gasteiger partial charge in [-0.1, -0.05) is 20.1 Å². The quantitative estimate of drug-likeness (QED) is 0.398. The van der Waals surface area contributed by atoms with Gasteiger partial charge in [0.15, 0.2) is 0 Å². The topological polar surface area (TPSA) is 97.5 Å². The van der Waals surface area contributed by atoms with Gasteiger partial charge >= 0.3 is 0 Å². The summed E-state index contributed by atoms with van der Waals surface area (Å²) < 4.78 is 27.3. The number of hydrogen-bond donors (Lipinski definition) is 2. The van der Waals surface area contributed by atoms with E-state index in [9.17, 15) is 13.2 Å². The standard InChI is InChI=1S/C3H5NO.C3H6O3S.CH4/c1-2-3(4)5;1-2-3-7(4,5)6;/h2H,1H2,(H2,4,5);2H,1,3H2,(H,4,5,6);1H4. The summed E-state index contributed by atoms with van der Waals surface area (Å²) in [4.78, 5) is 9.47. The molecule has 6 heteroatoms. The summed E-state index contributed by atoms with van der Waals surface area (Å²) in [5.74, 6) is -0.850. The van der Waals surface area contributed by atoms with Crippen LogP contribution in [0.1, 0.15) is 7.43 Å². The number of primary amides is 1. The Morgan fingerprint density at radius 2 is 1.77 bits per heavy atom. The zero-order valence-corrected chi connectivity index (χ0v) is 7.25. The van der Waals surface area contributed by atoms with E-state index in [0.717, 1.165) is 12.2 Å². The summed E-state index contributed by atoms with van der Waals surface area (Å²) in [7, 11) is -3.79. The van der Waals surface area contributed by atoms with E-state index in [2.05, 4.69) is 18.9 Å². The van der Waals surface area contributed by atoms with E-state index in [1.54, 1.807) is 0 Å². The largest absolute Gasteiger partial charge is 0.366 e. The maximum Gasteiger partial charge on any atom is 0.268 e. The molecular weight excluding hydrogens is 194 g/mol. The zero-order chi connectivity index (χ0) is 10.2. The molecule has 3 N–H and O–H groups in total. The number of nitrogens with two attached hydrogens (primary N) is 1. The first-order chi connectivity index (χ1) is 5.33. The number of hydrogen-bond acceptors (Lipinski definition) is 3. The molecule has 0 saturated carbocycles. The lowest BCUT2D eigenvalue weighted by atomic mass is 10.6. The third-order valence-corrected chi connectivity index (χ3v) is 1.19. The molecule has 0 aliphatic carbocycles. The number of amides is 1. The zero-order valence-electron chi connectivity index (χ0n) is 6.43. The minimum atomic E-state index is -3.79. The third-order valence-electron chi connectivity index (χ3n) is 0.530. The van der Waals surface area contributed by atoms with Crippen molar-refractivity contribution in [3.63, 3.8) is 0 Å². The minimum Gasteiger partial charge on any atom is -0.366 e. The Balaban J connectivity index is -0.000000150. The first-order valence-corrected chi connectivity index (χ1v) is 4.42. The number of rotatable bonds is 3. The molecule has 0 heterocycles. The van der Waals surface area contributed by atoms with Gasteiger partial charge in [-0.2, -0.15) is 8.42 Å². The SMILES string of the molecule is C.C=CC(N)=O.C=CCS(=O)(=O)O. The van der Waals surface area contributed by atoms with Gasteiger partial charge < -0.3 is 5.73 Å². The van der Waals surface area contributed by atoms with E-state index in [-0.39, 0.29) is 13.2 Å². The smallest absolute Gasteiger partial charge is 0.268 e. The van der Waals surface area contributed by atoms with E-state index >= 15 is 0 Å². The van der Waals surface area contributed by atoms with Gasteiger partial charge in [-0.3, -0.25) is 9.35 Å². The minimum absolute atomic E-state index is 0. The highest BCUT2D eigenvalue weighted by Gasteiger charge is 1.95. The highest BCUT2D eigenvalue weighted by atomic mass is 32.2. The van der Waals surface area contributed by atoms with Gasteiger partial charge in [0.1, 0.15) is 0 Å². The van der Waals surface area contributed by atoms with Gasteiger partial charge in [-0.25, -0.2) is 0 Å². The molecule has 0 unspecified atom stereocenters. The van der Waals surface area contributed by atoms with Crippen LogP contribution in [0.25, 0.3) is 0 Å². The molecule has 0 aliphatic rings. The van der Waals surface area contributed by atoms with Gasteiger partial charge in [0.25, 0.3) is 10.1 Å². The first kappa shape index (κ1) is 17.8. The summed E-state index contributed by atoms with van der Waals surface area (Å²) in [6.45, 7) is 6.19. The van der Waals surface area contributed by atoms with Gasteiger partial charge in [0.2, 0.25) is 5.91 Å². The molecular formula is C7H15NO4S. The van der Waals surface area contributed by atoms with Crippen LogP contribution in [0, 0.1) is 0 Å². The van der Waals surface area contributed by atoms with Gasteiger partial charge in [-0.05, 0) is 6.08 Å². The van der Waals surface area contributed by atoms with Crippen LogP contribution in [0.3, 0.4) is 0 Å². The van der Waals surface area contributed by atoms with Crippen LogP contribution in [-0.4, -0.2) is 24.6 Å². The molecule has 0 atom stereocenters. The fraction of sp³-hybridized carbons (Fsp3) is 0.286. The lowest BCUT2D eigenvalue weighted by Crippen LogP contribution is -2.04. The normalized spacial score (nSPS) is 8.38. The van der Waals surface area contributed by atoms with Crippen LogP contribution >= 0.6 is 0 Å². The molecule has 0 radical (unpaired) electrons. The van der Waals surface area contributed by atoms with E-state index in [1.807, 2.05) is 0 Å². The molecule has 0 rings (SSSR count). The average Bonchev–Trinajstić information content (AvgIpc) is 1.86. The van der Waals surface area contributed by atoms with Crippen LogP contribution in [0.5, 0.6) is 0 Å². The maximum absolute atomic E-state index is 9.72. The monoisotopic (exact) mass is 209 g/mol. The summed E-state index contributed by atoms with van der Waals surface area (Å²) in [6, 6.07) is 0. The second-order valence-corrected chi connectivity index (χ2v) is 3.14. The van der Waals surface area contributed by atoms with Crippen molar-refractivity contribution >= 4 is 16.0 Å². The van der Waals surface area contributed by atoms with Crippen LogP contribution in [0.4, 0.5) is 0 Å². The van der Waals surface area contributed by atoms with Crippen molar-refractivity contribution in [3.8, 4) is 0 Å². The second kappa shape index (κ2) is 8.95. The maximum atomic E-state index is 9.72. The summed E-state index contributed by atoms with van der Waals surface area (Å²) in [5.41, 5.74) is 4.53. The first-order valence-electron chi connectivity index (χ1n) is 2.81. The highest BCUT2D eigenvalue weighted by molar-refractivity contribution is 7.85. The van der Waals surface area contributed by atoms with Crippen molar-refractivity contribution in [1.82, 2.24) is 0 Å². The predicted molar refractivity (Wildman–Crippen MR) is 52.7 cm³/mol. The number of carbonyl (C=O) groups is 1. The van der Waals surface area contributed by atoms with E-state index in [0.29, 0.717) is 0 Å². The van der Waals surface area contributed by atoms with Crippen LogP contribution in [0.2, 0.25) is 0 Å². The molecule has 5 nitrogen and oxygen atoms in total. The summed E-state index contributed by atoms with van der Waals surface area (Å²) in [5, 5.41) is 0. The summed E-state index contributed by atoms with van der Waals surface area (Å²) >= 11 is 0. The van der Waals surface area contributed by atoms with E-state index < -0.39 is 16.0 Å². The Morgan fingerprint density at radius 1 is 1.46 bits per heavy atom. The molecule has 0 bridgehead atoms. The molecule has 0 aliphatic heterocycles. The fourth-order valence-electron chi connectivity index (χ4n) is 0.149. The Bertz CT molecular complexity index is 256. The second-order valence-electron chi connectivity index (χ2n) is 1.64. The van der Waals surface area contributed by atoms with Crippen LogP contribution < -0.4 is 5.73 Å². The molecule has 1 amide bonds. The van der Waals surface area contributed by atoms with Crippen LogP contribution in [0.15, 0.2) is 25.3 Å². The lowest BCUT2D eigenvalue weighted by Gasteiger charge is -1.82. The van der Waals surface area contributed by atoms with Crippen molar-refractivity contribution in [3.05, 3.63) is 25.3 Å². The fourth-order valence-corrected chi connectivity index (χ4v) is 0.447. The van der Waals surface area contributed by atoms with E-state index in [4.69, 9.17) is 4.55 Å². The molecule has 13 heavy (non-hydrogen) atoms. The Hall–Kier alpha value is -1.14. The third kappa shape index (κ3) is 36.1. The highest BCUT2D eigenvalue weighted by Crippen LogP contribution is 1.78. The van der Waals surface area contributed by atoms with Crippen molar-refractivity contribution in [2.45, 2.75) is 7.43 Å². The lowest BCUT2D eigenvalue weighted by molar-refractivity contribution is -0.113. The van der Waals surface area contributed by atoms with Crippen molar-refractivity contribution in [1.29, 1.82) is 0 Å². The van der Waals surface area contributed by atoms with Crippen molar-refractivity contribution in [2.75, 3.05) is 5.75 Å². The molecule has 0 aromatic heterocycles. The molecule has 78 valence electrons. The van der Waals surface area contributed by atoms with Gasteiger partial charge in [0.05, 0.1) is 5.75 Å². The molecule has 0 saturated heterocycles. The van der Waals surface area contributed by atoms with Crippen molar-refractivity contribution < 1.29 is 17.8 Å². The van der Waals surface area contributed by atoms with E-state index in [1.165, 1.54) is 0 Å². The molecule has 0 aromatic carbocycles. The van der Waals surface area contributed by atoms with Gasteiger partial charge in [0, 0.05) is 0 Å². The number of carbonyl (C=O) groups excluding carboxylic acids is 1. The Kier molecular flexibility index (Phi) is 12.3. The molecule has 0 aromatic rings. The molecule has 0 spiro atoms. The van der Waals surface area contributed by atoms with Crippen LogP contribution in [-0.2, 0) is 14.9 Å². The Morgan fingerprint density at radius 3 is 1.77 bits per heavy atom. The Labute approximate surface area is 78.7 Å². The van der Waals surface area contributed by atoms with Gasteiger partial charge in [-0.15, -0.1) is 6.58 Å². The van der Waals surface area contributed by atoms with Crippen molar-refractivity contribution in [2.24, 2.45) is 5.73 Å². The predicted octanol–water partition coefficient (Wildman–Crippen LogP) is 0.354. The molecule has 0 fully saturated rings.